The number of fused-ring (bicyclic) bond motifs is 3. The monoisotopic (exact) mass is 684 g/mol. The van der Waals surface area contributed by atoms with Crippen LogP contribution in [0.15, 0.2) is 66.0 Å². The Balaban J connectivity index is 1.21. The summed E-state index contributed by atoms with van der Waals surface area (Å²) in [7, 11) is 0. The highest BCUT2D eigenvalue weighted by Crippen LogP contribution is 2.47. The number of carbonyl (C=O) groups is 3. The first-order chi connectivity index (χ1) is 24.3. The van der Waals surface area contributed by atoms with E-state index in [2.05, 4.69) is 77.8 Å². The average molecular weight is 685 g/mol. The highest BCUT2D eigenvalue weighted by Gasteiger charge is 2.54. The van der Waals surface area contributed by atoms with Gasteiger partial charge in [-0.05, 0) is 74.1 Å². The second-order valence-electron chi connectivity index (χ2n) is 14.4. The van der Waals surface area contributed by atoms with E-state index in [1.807, 2.05) is 4.90 Å². The highest BCUT2D eigenvalue weighted by molar-refractivity contribution is 6.36. The molecule has 2 aromatic rings. The second-order valence-corrected chi connectivity index (χ2v) is 14.4. The van der Waals surface area contributed by atoms with Crippen LogP contribution in [0.3, 0.4) is 0 Å². The van der Waals surface area contributed by atoms with Crippen LogP contribution in [0.25, 0.3) is 11.1 Å². The summed E-state index contributed by atoms with van der Waals surface area (Å²) in [6, 6.07) is 16.3. The van der Waals surface area contributed by atoms with Gasteiger partial charge in [0.25, 0.3) is 0 Å². The van der Waals surface area contributed by atoms with E-state index in [4.69, 9.17) is 9.57 Å². The lowest BCUT2D eigenvalue weighted by atomic mass is 9.89. The summed E-state index contributed by atoms with van der Waals surface area (Å²) in [5.41, 5.74) is 5.32. The average Bonchev–Trinajstić information content (AvgIpc) is 3.57. The molecular formula is C40H52N4O6. The van der Waals surface area contributed by atoms with Gasteiger partial charge in [-0.3, -0.25) is 9.59 Å². The number of benzene rings is 2. The molecular weight excluding hydrogens is 632 g/mol. The van der Waals surface area contributed by atoms with Crippen molar-refractivity contribution in [2.45, 2.75) is 114 Å². The quantitative estimate of drug-likeness (QED) is 0.146. The summed E-state index contributed by atoms with van der Waals surface area (Å²) in [5.74, 6) is -0.906. The molecule has 2 amide bonds. The topological polar surface area (TPSA) is 130 Å². The van der Waals surface area contributed by atoms with Gasteiger partial charge in [0.05, 0.1) is 19.1 Å². The minimum absolute atomic E-state index is 0.0305. The molecule has 10 nitrogen and oxygen atoms in total. The Bertz CT molecular complexity index is 1560. The summed E-state index contributed by atoms with van der Waals surface area (Å²) >= 11 is 0. The Kier molecular flexibility index (Phi) is 11.3. The van der Waals surface area contributed by atoms with Crippen molar-refractivity contribution in [3.63, 3.8) is 0 Å². The lowest BCUT2D eigenvalue weighted by molar-refractivity contribution is -0.135. The van der Waals surface area contributed by atoms with Gasteiger partial charge in [0.2, 0.25) is 11.8 Å². The second kappa shape index (κ2) is 15.8. The number of nitrogens with one attached hydrogen (secondary N) is 2. The lowest BCUT2D eigenvalue weighted by Crippen LogP contribution is -2.52. The van der Waals surface area contributed by atoms with E-state index in [-0.39, 0.29) is 55.2 Å². The molecule has 0 bridgehead atoms. The predicted molar refractivity (Wildman–Crippen MR) is 192 cm³/mol. The zero-order valence-electron chi connectivity index (χ0n) is 29.5. The predicted octanol–water partition coefficient (Wildman–Crippen LogP) is 5.59. The molecule has 2 aromatic carbocycles. The van der Waals surface area contributed by atoms with Crippen LogP contribution in [0.5, 0.6) is 0 Å². The maximum atomic E-state index is 14.4. The van der Waals surface area contributed by atoms with Crippen molar-refractivity contribution >= 4 is 23.5 Å². The van der Waals surface area contributed by atoms with Crippen molar-refractivity contribution < 1.29 is 29.1 Å². The molecule has 3 N–H and O–H groups in total. The van der Waals surface area contributed by atoms with Gasteiger partial charge in [0, 0.05) is 43.1 Å². The van der Waals surface area contributed by atoms with E-state index in [1.54, 1.807) is 6.92 Å². The Morgan fingerprint density at radius 1 is 1.06 bits per heavy atom. The van der Waals surface area contributed by atoms with Crippen molar-refractivity contribution in [2.75, 3.05) is 19.8 Å². The molecule has 1 saturated carbocycles. The van der Waals surface area contributed by atoms with Crippen molar-refractivity contribution in [1.29, 1.82) is 0 Å². The van der Waals surface area contributed by atoms with Crippen molar-refractivity contribution in [3.8, 4) is 11.1 Å². The largest absolute Gasteiger partial charge is 0.461 e. The van der Waals surface area contributed by atoms with E-state index in [0.717, 1.165) is 31.4 Å². The number of aliphatic hydroxyl groups is 1. The number of aliphatic hydroxyl groups excluding tert-OH is 1. The number of ether oxygens (including phenoxy) is 1. The third-order valence-electron chi connectivity index (χ3n) is 10.7. The maximum absolute atomic E-state index is 14.4. The molecule has 1 saturated heterocycles. The Morgan fingerprint density at radius 3 is 2.40 bits per heavy atom. The molecule has 50 heavy (non-hydrogen) atoms. The Hall–Kier alpha value is -4.18. The first kappa shape index (κ1) is 35.6. The van der Waals surface area contributed by atoms with Crippen LogP contribution in [0.2, 0.25) is 0 Å². The number of likely N-dealkylation sites (tertiary alicyclic amines) is 1. The molecule has 2 unspecified atom stereocenters. The molecule has 0 radical (unpaired) electrons. The van der Waals surface area contributed by atoms with Gasteiger partial charge < -0.3 is 30.2 Å². The minimum Gasteiger partial charge on any atom is -0.461 e. The number of amides is 2. The number of rotatable bonds is 17. The number of allylic oxidation sites excluding steroid dienone is 1. The summed E-state index contributed by atoms with van der Waals surface area (Å²) in [5, 5.41) is 20.0. The van der Waals surface area contributed by atoms with Gasteiger partial charge in [-0.2, -0.15) is 0 Å². The third-order valence-corrected chi connectivity index (χ3v) is 10.7. The molecule has 2 aliphatic carbocycles. The normalized spacial score (nSPS) is 21.9. The lowest BCUT2D eigenvalue weighted by Gasteiger charge is -2.32. The van der Waals surface area contributed by atoms with Gasteiger partial charge in [-0.1, -0.05) is 80.0 Å². The van der Waals surface area contributed by atoms with Crippen molar-refractivity contribution in [1.82, 2.24) is 15.5 Å². The Labute approximate surface area is 295 Å². The number of carbonyl (C=O) groups excluding carboxylic acids is 3. The van der Waals surface area contributed by atoms with E-state index in [0.29, 0.717) is 45.1 Å². The van der Waals surface area contributed by atoms with Gasteiger partial charge in [-0.15, -0.1) is 0 Å². The molecule has 4 aliphatic rings. The Morgan fingerprint density at radius 2 is 1.76 bits per heavy atom. The van der Waals surface area contributed by atoms with Crippen LogP contribution in [-0.2, 0) is 24.0 Å². The number of oxime groups is 1. The van der Waals surface area contributed by atoms with E-state index >= 15 is 0 Å². The fourth-order valence-electron chi connectivity index (χ4n) is 8.07. The molecule has 2 aliphatic heterocycles. The third kappa shape index (κ3) is 7.75. The molecule has 0 aromatic heterocycles. The van der Waals surface area contributed by atoms with Crippen LogP contribution in [0.1, 0.15) is 102 Å². The van der Waals surface area contributed by atoms with Crippen LogP contribution >= 0.6 is 0 Å². The van der Waals surface area contributed by atoms with Crippen LogP contribution in [0.4, 0.5) is 0 Å². The first-order valence-electron chi connectivity index (χ1n) is 18.5. The summed E-state index contributed by atoms with van der Waals surface area (Å²) < 4.78 is 5.22. The number of esters is 1. The smallest absolute Gasteiger partial charge is 0.356 e. The molecule has 6 rings (SSSR count). The molecule has 2 heterocycles. The summed E-state index contributed by atoms with van der Waals surface area (Å²) in [6.07, 6.45) is 7.34. The fraction of sp³-hybridized carbons (Fsp3) is 0.550. The first-order valence-corrected chi connectivity index (χ1v) is 18.5. The van der Waals surface area contributed by atoms with Gasteiger partial charge in [0.1, 0.15) is 6.04 Å². The van der Waals surface area contributed by atoms with Crippen LogP contribution < -0.4 is 10.6 Å². The van der Waals surface area contributed by atoms with Crippen molar-refractivity contribution in [3.05, 3.63) is 71.9 Å². The van der Waals surface area contributed by atoms with Gasteiger partial charge >= 0.3 is 5.97 Å². The summed E-state index contributed by atoms with van der Waals surface area (Å²) in [6.45, 7) is 8.99. The van der Waals surface area contributed by atoms with E-state index in [1.165, 1.54) is 22.3 Å². The number of hydrogen-bond acceptors (Lipinski definition) is 8. The zero-order valence-corrected chi connectivity index (χ0v) is 29.5. The highest BCUT2D eigenvalue weighted by atomic mass is 16.7. The van der Waals surface area contributed by atoms with Crippen LogP contribution in [-0.4, -0.2) is 77.0 Å². The number of unbranched alkanes of at least 4 members (excludes halogenated alkanes) is 1. The van der Waals surface area contributed by atoms with Gasteiger partial charge in [-0.25, -0.2) is 4.79 Å². The fourth-order valence-corrected chi connectivity index (χ4v) is 8.07. The van der Waals surface area contributed by atoms with Crippen LogP contribution in [0, 0.1) is 5.92 Å². The minimum atomic E-state index is -0.871. The molecule has 2 fully saturated rings. The SMILES string of the molecule is C=C(CCC1c2ccccc2-c2ccccc21)N1C[C@@]2(CC(C(=O)OCC)=NO2)CC1C(=O)N[C@@H](CCC)C(CCCCO)C(=O)NC1CC1. The molecule has 1 spiro atoms. The maximum Gasteiger partial charge on any atom is 0.356 e. The zero-order chi connectivity index (χ0) is 35.3. The summed E-state index contributed by atoms with van der Waals surface area (Å²) in [4.78, 5) is 48.6. The van der Waals surface area contributed by atoms with Crippen molar-refractivity contribution in [2.24, 2.45) is 11.1 Å². The standard InChI is InChI=1S/C40H52N4O6/c1-4-12-34(33(17-10-11-22-45)37(46)41-27-19-20-27)42-38(47)36-24-40(23-35(43-50-40)39(48)49-5-2)25-44(36)26(3)18-21-32-30-15-8-6-13-28(30)29-14-7-9-16-31(29)32/h6-9,13-16,27,32-34,36,45H,3-5,10-12,17-25H2,1-2H3,(H,41,46)(H,42,47)/t33?,34-,36?,40+/m0/s1. The molecule has 10 heteroatoms. The van der Waals surface area contributed by atoms with Gasteiger partial charge in [0.15, 0.2) is 11.3 Å². The number of nitrogens with zero attached hydrogens (tertiary/aromatic N) is 2. The molecule has 4 atom stereocenters. The number of hydrogen-bond donors (Lipinski definition) is 3. The van der Waals surface area contributed by atoms with E-state index in [9.17, 15) is 19.5 Å². The van der Waals surface area contributed by atoms with E-state index < -0.39 is 23.5 Å². The molecule has 268 valence electrons.